The summed E-state index contributed by atoms with van der Waals surface area (Å²) in [6.07, 6.45) is 0. The molecule has 0 saturated carbocycles. The Balaban J connectivity index is 1.76. The largest absolute Gasteiger partial charge is 0.278 e. The van der Waals surface area contributed by atoms with E-state index < -0.39 is 21.7 Å². The molecule has 0 aliphatic carbocycles. The van der Waals surface area contributed by atoms with E-state index in [1.54, 1.807) is 6.92 Å². The highest BCUT2D eigenvalue weighted by Crippen LogP contribution is 2.27. The number of carbonyl (C=O) groups is 1. The number of hydrogen-bond acceptors (Lipinski definition) is 5. The van der Waals surface area contributed by atoms with Gasteiger partial charge in [-0.25, -0.2) is 17.8 Å². The lowest BCUT2D eigenvalue weighted by Gasteiger charge is -2.07. The third-order valence-electron chi connectivity index (χ3n) is 3.43. The highest BCUT2D eigenvalue weighted by molar-refractivity contribution is 7.89. The maximum absolute atomic E-state index is 13.2. The van der Waals surface area contributed by atoms with E-state index >= 15 is 0 Å². The van der Waals surface area contributed by atoms with Gasteiger partial charge < -0.3 is 0 Å². The van der Waals surface area contributed by atoms with Gasteiger partial charge in [0.1, 0.15) is 15.7 Å². The van der Waals surface area contributed by atoms with Crippen molar-refractivity contribution < 1.29 is 17.6 Å². The van der Waals surface area contributed by atoms with Gasteiger partial charge in [0.05, 0.1) is 10.6 Å². The predicted molar refractivity (Wildman–Crippen MR) is 96.5 cm³/mol. The zero-order valence-corrected chi connectivity index (χ0v) is 15.2. The van der Waals surface area contributed by atoms with Crippen LogP contribution in [0.15, 0.2) is 59.5 Å². The number of sulfonamides is 1. The quantitative estimate of drug-likeness (QED) is 0.655. The smallest absolute Gasteiger partial charge is 0.273 e. The van der Waals surface area contributed by atoms with Crippen LogP contribution >= 0.6 is 11.3 Å². The average molecular weight is 391 g/mol. The lowest BCUT2D eigenvalue weighted by molar-refractivity contribution is 0.0948. The van der Waals surface area contributed by atoms with Gasteiger partial charge in [-0.3, -0.25) is 10.2 Å². The van der Waals surface area contributed by atoms with E-state index in [-0.39, 0.29) is 9.77 Å². The van der Waals surface area contributed by atoms with Gasteiger partial charge in [0, 0.05) is 5.56 Å². The lowest BCUT2D eigenvalue weighted by atomic mass is 10.2. The molecule has 6 nitrogen and oxygen atoms in total. The summed E-state index contributed by atoms with van der Waals surface area (Å²) in [7, 11) is -4.08. The monoisotopic (exact) mass is 391 g/mol. The van der Waals surface area contributed by atoms with Gasteiger partial charge in [0.2, 0.25) is 0 Å². The highest BCUT2D eigenvalue weighted by Gasteiger charge is 2.20. The Kier molecular flexibility index (Phi) is 5.12. The fraction of sp³-hybridized carbons (Fsp3) is 0.0588. The Hall–Kier alpha value is -2.62. The molecule has 3 aromatic rings. The van der Waals surface area contributed by atoms with Gasteiger partial charge in [-0.2, -0.15) is 0 Å². The van der Waals surface area contributed by atoms with Gasteiger partial charge in [0.15, 0.2) is 0 Å². The summed E-state index contributed by atoms with van der Waals surface area (Å²) in [5.74, 6) is -1.33. The molecule has 2 aromatic carbocycles. The molecule has 2 N–H and O–H groups in total. The Bertz CT molecular complexity index is 1050. The molecule has 0 fully saturated rings. The van der Waals surface area contributed by atoms with E-state index in [4.69, 9.17) is 0 Å². The molecule has 0 spiro atoms. The van der Waals surface area contributed by atoms with Gasteiger partial charge in [-0.05, 0) is 25.1 Å². The fourth-order valence-electron chi connectivity index (χ4n) is 2.17. The molecule has 0 unspecified atom stereocenters. The van der Waals surface area contributed by atoms with Crippen molar-refractivity contribution in [2.75, 3.05) is 0 Å². The summed E-state index contributed by atoms with van der Waals surface area (Å²) in [4.78, 5) is 18.6. The van der Waals surface area contributed by atoms with Crippen molar-refractivity contribution in [3.8, 4) is 10.6 Å². The van der Waals surface area contributed by atoms with Crippen LogP contribution in [0.2, 0.25) is 0 Å². The molecule has 0 saturated heterocycles. The molecule has 134 valence electrons. The van der Waals surface area contributed by atoms with Crippen LogP contribution in [0.25, 0.3) is 10.6 Å². The van der Waals surface area contributed by atoms with Crippen LogP contribution in [0.4, 0.5) is 4.39 Å². The molecule has 1 heterocycles. The molecule has 26 heavy (non-hydrogen) atoms. The highest BCUT2D eigenvalue weighted by atomic mass is 32.2. The molecular weight excluding hydrogens is 377 g/mol. The van der Waals surface area contributed by atoms with E-state index in [1.807, 2.05) is 35.2 Å². The number of thiazole rings is 1. The van der Waals surface area contributed by atoms with Gasteiger partial charge >= 0.3 is 0 Å². The zero-order chi connectivity index (χ0) is 18.7. The number of aromatic nitrogens is 1. The minimum Gasteiger partial charge on any atom is -0.273 e. The first-order chi connectivity index (χ1) is 12.4. The molecule has 9 heteroatoms. The van der Waals surface area contributed by atoms with Crippen LogP contribution in [-0.2, 0) is 10.0 Å². The number of carbonyl (C=O) groups excluding carboxylic acids is 1. The van der Waals surface area contributed by atoms with Crippen LogP contribution in [-0.4, -0.2) is 19.3 Å². The molecule has 1 aromatic heterocycles. The van der Waals surface area contributed by atoms with Gasteiger partial charge in [-0.1, -0.05) is 36.4 Å². The second-order valence-corrected chi connectivity index (χ2v) is 8.00. The first kappa shape index (κ1) is 18.2. The molecule has 3 rings (SSSR count). The first-order valence-corrected chi connectivity index (χ1v) is 9.77. The molecule has 0 aliphatic rings. The third-order valence-corrected chi connectivity index (χ3v) is 5.88. The number of halogens is 1. The molecule has 0 radical (unpaired) electrons. The van der Waals surface area contributed by atoms with Crippen molar-refractivity contribution in [1.29, 1.82) is 0 Å². The van der Waals surface area contributed by atoms with Gasteiger partial charge in [0.25, 0.3) is 15.9 Å². The van der Waals surface area contributed by atoms with Crippen molar-refractivity contribution >= 4 is 27.3 Å². The molecule has 0 bridgehead atoms. The second-order valence-electron chi connectivity index (χ2n) is 5.32. The minimum absolute atomic E-state index is 0.283. The van der Waals surface area contributed by atoms with E-state index in [2.05, 4.69) is 10.4 Å². The van der Waals surface area contributed by atoms with Crippen LogP contribution < -0.4 is 10.3 Å². The first-order valence-electron chi connectivity index (χ1n) is 7.47. The van der Waals surface area contributed by atoms with Crippen LogP contribution in [0, 0.1) is 12.7 Å². The summed E-state index contributed by atoms with van der Waals surface area (Å²) >= 11 is 1.15. The van der Waals surface area contributed by atoms with Crippen molar-refractivity contribution in [3.05, 3.63) is 71.0 Å². The Morgan fingerprint density at radius 2 is 1.85 bits per heavy atom. The molecule has 0 atom stereocenters. The number of nitrogens with one attached hydrogen (secondary N) is 2. The lowest BCUT2D eigenvalue weighted by Crippen LogP contribution is -2.41. The summed E-state index contributed by atoms with van der Waals surface area (Å²) in [6.45, 7) is 1.67. The van der Waals surface area contributed by atoms with E-state index in [1.165, 1.54) is 12.1 Å². The topological polar surface area (TPSA) is 88.2 Å². The molecular formula is C17H14FN3O3S2. The summed E-state index contributed by atoms with van der Waals surface area (Å²) < 4.78 is 37.4. The summed E-state index contributed by atoms with van der Waals surface area (Å²) in [5, 5.41) is 0.654. The molecule has 0 aliphatic heterocycles. The SMILES string of the molecule is Cc1nc(-c2ccccc2)sc1C(=O)NNS(=O)(=O)c1cccc(F)c1. The molecule has 1 amide bonds. The number of amides is 1. The van der Waals surface area contributed by atoms with Crippen molar-refractivity contribution in [3.63, 3.8) is 0 Å². The number of hydrazine groups is 1. The Labute approximate surface area is 153 Å². The maximum atomic E-state index is 13.2. The predicted octanol–water partition coefficient (Wildman–Crippen LogP) is 2.88. The number of nitrogens with zero attached hydrogens (tertiary/aromatic N) is 1. The normalized spacial score (nSPS) is 11.3. The van der Waals surface area contributed by atoms with E-state index in [0.717, 1.165) is 29.0 Å². The summed E-state index contributed by atoms with van der Waals surface area (Å²) in [6, 6.07) is 13.8. The fourth-order valence-corrected chi connectivity index (χ4v) is 4.01. The number of rotatable bonds is 5. The number of hydrogen-bond donors (Lipinski definition) is 2. The second kappa shape index (κ2) is 7.32. The maximum Gasteiger partial charge on any atom is 0.278 e. The Morgan fingerprint density at radius 1 is 1.12 bits per heavy atom. The van der Waals surface area contributed by atoms with Crippen molar-refractivity contribution in [2.24, 2.45) is 0 Å². The minimum atomic E-state index is -4.08. The zero-order valence-electron chi connectivity index (χ0n) is 13.6. The van der Waals surface area contributed by atoms with E-state index in [0.29, 0.717) is 10.7 Å². The number of aryl methyl sites for hydroxylation is 1. The average Bonchev–Trinajstić information content (AvgIpc) is 3.02. The van der Waals surface area contributed by atoms with E-state index in [9.17, 15) is 17.6 Å². The Morgan fingerprint density at radius 3 is 2.54 bits per heavy atom. The van der Waals surface area contributed by atoms with Crippen LogP contribution in [0.5, 0.6) is 0 Å². The number of benzene rings is 2. The summed E-state index contributed by atoms with van der Waals surface area (Å²) in [5.41, 5.74) is 3.48. The van der Waals surface area contributed by atoms with Crippen LogP contribution in [0.1, 0.15) is 15.4 Å². The standard InChI is InChI=1S/C17H14FN3O3S2/c1-11-15(25-17(19-11)12-6-3-2-4-7-12)16(22)20-21-26(23,24)14-9-5-8-13(18)10-14/h2-10,21H,1H3,(H,20,22). The van der Waals surface area contributed by atoms with Crippen molar-refractivity contribution in [1.82, 2.24) is 15.2 Å². The van der Waals surface area contributed by atoms with Gasteiger partial charge in [-0.15, -0.1) is 16.2 Å². The van der Waals surface area contributed by atoms with Crippen molar-refractivity contribution in [2.45, 2.75) is 11.8 Å². The van der Waals surface area contributed by atoms with Crippen LogP contribution in [0.3, 0.4) is 0 Å². The third kappa shape index (κ3) is 3.96.